The number of methoxy groups -OCH3 is 1. The zero-order chi connectivity index (χ0) is 20.5. The number of benzene rings is 2. The van der Waals surface area contributed by atoms with Crippen LogP contribution in [-0.4, -0.2) is 35.0 Å². The van der Waals surface area contributed by atoms with Gasteiger partial charge in [-0.1, -0.05) is 53.4 Å². The van der Waals surface area contributed by atoms with E-state index in [1.165, 1.54) is 28.7 Å². The van der Waals surface area contributed by atoms with Crippen molar-refractivity contribution in [3.8, 4) is 5.75 Å². The molecule has 6 nitrogen and oxygen atoms in total. The minimum Gasteiger partial charge on any atom is -0.497 e. The number of thioether (sulfide) groups is 1. The van der Waals surface area contributed by atoms with Crippen LogP contribution in [0.3, 0.4) is 0 Å². The number of hydrogen-bond acceptors (Lipinski definition) is 7. The normalized spacial score (nSPS) is 11.7. The van der Waals surface area contributed by atoms with Gasteiger partial charge in [-0.05, 0) is 49.6 Å². The van der Waals surface area contributed by atoms with E-state index in [4.69, 9.17) is 4.74 Å². The molecule has 2 aromatic carbocycles. The van der Waals surface area contributed by atoms with Crippen LogP contribution in [0, 0.1) is 0 Å². The number of aryl methyl sites for hydroxylation is 1. The number of rotatable bonds is 10. The molecule has 3 aromatic rings. The molecule has 1 heterocycles. The Morgan fingerprint density at radius 1 is 1.14 bits per heavy atom. The maximum Gasteiger partial charge on any atom is 0.230 e. The Morgan fingerprint density at radius 3 is 2.62 bits per heavy atom. The van der Waals surface area contributed by atoms with Gasteiger partial charge in [0.15, 0.2) is 4.34 Å². The second kappa shape index (κ2) is 10.8. The summed E-state index contributed by atoms with van der Waals surface area (Å²) in [5, 5.41) is 15.2. The quantitative estimate of drug-likeness (QED) is 0.463. The molecule has 8 heteroatoms. The molecule has 1 atom stereocenters. The lowest BCUT2D eigenvalue weighted by Crippen LogP contribution is -2.34. The van der Waals surface area contributed by atoms with Gasteiger partial charge in [0, 0.05) is 11.7 Å². The van der Waals surface area contributed by atoms with Crippen molar-refractivity contribution < 1.29 is 9.53 Å². The first-order valence-electron chi connectivity index (χ1n) is 9.33. The van der Waals surface area contributed by atoms with Crippen molar-refractivity contribution in [3.05, 3.63) is 60.2 Å². The number of nitrogens with one attached hydrogen (secondary N) is 2. The summed E-state index contributed by atoms with van der Waals surface area (Å²) in [4.78, 5) is 12.2. The Balaban J connectivity index is 1.39. The molecule has 0 radical (unpaired) electrons. The minimum atomic E-state index is 0.00965. The number of carbonyl (C=O) groups is 1. The number of amides is 1. The van der Waals surface area contributed by atoms with Gasteiger partial charge in [0.2, 0.25) is 11.0 Å². The van der Waals surface area contributed by atoms with Gasteiger partial charge in [-0.2, -0.15) is 0 Å². The van der Waals surface area contributed by atoms with Crippen molar-refractivity contribution in [1.82, 2.24) is 15.5 Å². The summed E-state index contributed by atoms with van der Waals surface area (Å²) in [6.45, 7) is 2.04. The largest absolute Gasteiger partial charge is 0.497 e. The minimum absolute atomic E-state index is 0.00965. The molecule has 29 heavy (non-hydrogen) atoms. The third-order valence-electron chi connectivity index (χ3n) is 4.19. The van der Waals surface area contributed by atoms with Crippen LogP contribution in [0.5, 0.6) is 5.75 Å². The Morgan fingerprint density at radius 2 is 1.90 bits per heavy atom. The molecule has 152 valence electrons. The highest BCUT2D eigenvalue weighted by Crippen LogP contribution is 2.28. The molecule has 1 aromatic heterocycles. The van der Waals surface area contributed by atoms with Gasteiger partial charge >= 0.3 is 0 Å². The first kappa shape index (κ1) is 21.1. The monoisotopic (exact) mass is 428 g/mol. The van der Waals surface area contributed by atoms with E-state index < -0.39 is 0 Å². The van der Waals surface area contributed by atoms with Crippen LogP contribution in [0.2, 0.25) is 0 Å². The predicted molar refractivity (Wildman–Crippen MR) is 119 cm³/mol. The SMILES string of the molecule is COc1ccc(Nc2nnc(SCC(=O)N[C@@H](C)CCc3ccccc3)s2)cc1. The molecule has 0 fully saturated rings. The van der Waals surface area contributed by atoms with Gasteiger partial charge in [-0.3, -0.25) is 4.79 Å². The summed E-state index contributed by atoms with van der Waals surface area (Å²) in [6.07, 6.45) is 1.86. The second-order valence-corrected chi connectivity index (χ2v) is 8.71. The topological polar surface area (TPSA) is 76.1 Å². The summed E-state index contributed by atoms with van der Waals surface area (Å²) >= 11 is 2.82. The van der Waals surface area contributed by atoms with Crippen LogP contribution in [0.15, 0.2) is 58.9 Å². The van der Waals surface area contributed by atoms with Crippen LogP contribution in [0.1, 0.15) is 18.9 Å². The van der Waals surface area contributed by atoms with Crippen LogP contribution in [0.4, 0.5) is 10.8 Å². The molecule has 0 unspecified atom stereocenters. The first-order valence-corrected chi connectivity index (χ1v) is 11.1. The van der Waals surface area contributed by atoms with E-state index in [1.807, 2.05) is 49.4 Å². The molecule has 0 saturated heterocycles. The number of anilines is 2. The Hall–Kier alpha value is -2.58. The highest BCUT2D eigenvalue weighted by molar-refractivity contribution is 8.01. The number of ether oxygens (including phenoxy) is 1. The predicted octanol–water partition coefficient (Wildman–Crippen LogP) is 4.52. The van der Waals surface area contributed by atoms with Crippen LogP contribution < -0.4 is 15.4 Å². The summed E-state index contributed by atoms with van der Waals surface area (Å²) in [5.41, 5.74) is 2.19. The zero-order valence-corrected chi connectivity index (χ0v) is 18.1. The van der Waals surface area contributed by atoms with Gasteiger partial charge in [0.05, 0.1) is 12.9 Å². The average Bonchev–Trinajstić information content (AvgIpc) is 3.19. The molecule has 0 spiro atoms. The van der Waals surface area contributed by atoms with Crippen LogP contribution >= 0.6 is 23.1 Å². The maximum absolute atomic E-state index is 12.2. The Bertz CT molecular complexity index is 901. The smallest absolute Gasteiger partial charge is 0.230 e. The van der Waals surface area contributed by atoms with Gasteiger partial charge in [0.25, 0.3) is 0 Å². The van der Waals surface area contributed by atoms with E-state index in [9.17, 15) is 4.79 Å². The Kier molecular flexibility index (Phi) is 7.89. The van der Waals surface area contributed by atoms with Gasteiger partial charge in [0.1, 0.15) is 5.75 Å². The van der Waals surface area contributed by atoms with Crippen molar-refractivity contribution in [3.63, 3.8) is 0 Å². The summed E-state index contributed by atoms with van der Waals surface area (Å²) in [5.74, 6) is 1.14. The fourth-order valence-corrected chi connectivity index (χ4v) is 4.24. The van der Waals surface area contributed by atoms with Gasteiger partial charge < -0.3 is 15.4 Å². The van der Waals surface area contributed by atoms with Gasteiger partial charge in [-0.25, -0.2) is 0 Å². The molecule has 0 aliphatic heterocycles. The van der Waals surface area contributed by atoms with Crippen LogP contribution in [-0.2, 0) is 11.2 Å². The molecule has 0 saturated carbocycles. The molecule has 0 aliphatic rings. The van der Waals surface area contributed by atoms with E-state index in [1.54, 1.807) is 7.11 Å². The van der Waals surface area contributed by atoms with Crippen molar-refractivity contribution in [2.75, 3.05) is 18.2 Å². The first-order chi connectivity index (χ1) is 14.1. The lowest BCUT2D eigenvalue weighted by molar-refractivity contribution is -0.119. The van der Waals surface area contributed by atoms with E-state index in [0.29, 0.717) is 10.9 Å². The number of hydrogen-bond donors (Lipinski definition) is 2. The van der Waals surface area contributed by atoms with E-state index in [0.717, 1.165) is 28.6 Å². The fraction of sp³-hybridized carbons (Fsp3) is 0.286. The summed E-state index contributed by atoms with van der Waals surface area (Å²) in [6, 6.07) is 18.0. The molecule has 3 rings (SSSR count). The number of nitrogens with zero attached hydrogens (tertiary/aromatic N) is 2. The van der Waals surface area contributed by atoms with E-state index in [2.05, 4.69) is 33.0 Å². The molecule has 0 aliphatic carbocycles. The number of aromatic nitrogens is 2. The lowest BCUT2D eigenvalue weighted by Gasteiger charge is -2.13. The molecular formula is C21H24N4O2S2. The van der Waals surface area contributed by atoms with Crippen molar-refractivity contribution >= 4 is 39.8 Å². The van der Waals surface area contributed by atoms with Crippen molar-refractivity contribution in [1.29, 1.82) is 0 Å². The lowest BCUT2D eigenvalue weighted by atomic mass is 10.1. The van der Waals surface area contributed by atoms with Crippen LogP contribution in [0.25, 0.3) is 0 Å². The molecule has 0 bridgehead atoms. The van der Waals surface area contributed by atoms with Crippen molar-refractivity contribution in [2.45, 2.75) is 30.1 Å². The zero-order valence-electron chi connectivity index (χ0n) is 16.4. The third kappa shape index (κ3) is 7.07. The molecule has 2 N–H and O–H groups in total. The molecular weight excluding hydrogens is 404 g/mol. The highest BCUT2D eigenvalue weighted by atomic mass is 32.2. The summed E-state index contributed by atoms with van der Waals surface area (Å²) in [7, 11) is 1.64. The number of carbonyl (C=O) groups excluding carboxylic acids is 1. The van der Waals surface area contributed by atoms with E-state index in [-0.39, 0.29) is 11.9 Å². The standard InChI is InChI=1S/C21H24N4O2S2/c1-15(8-9-16-6-4-3-5-7-16)22-19(26)14-28-21-25-24-20(29-21)23-17-10-12-18(27-2)13-11-17/h3-7,10-13,15H,8-9,14H2,1-2H3,(H,22,26)(H,23,24)/t15-/m0/s1. The maximum atomic E-state index is 12.2. The second-order valence-electron chi connectivity index (χ2n) is 6.51. The van der Waals surface area contributed by atoms with E-state index >= 15 is 0 Å². The highest BCUT2D eigenvalue weighted by Gasteiger charge is 2.11. The average molecular weight is 429 g/mol. The van der Waals surface area contributed by atoms with Gasteiger partial charge in [-0.15, -0.1) is 10.2 Å². The molecule has 1 amide bonds. The Labute approximate surface area is 179 Å². The third-order valence-corrected chi connectivity index (χ3v) is 6.16. The summed E-state index contributed by atoms with van der Waals surface area (Å²) < 4.78 is 5.91. The van der Waals surface area contributed by atoms with Crippen molar-refractivity contribution in [2.24, 2.45) is 0 Å². The fourth-order valence-electron chi connectivity index (χ4n) is 2.66.